The molecule has 3 aromatic rings. The van der Waals surface area contributed by atoms with Crippen molar-refractivity contribution in [3.63, 3.8) is 0 Å². The van der Waals surface area contributed by atoms with Gasteiger partial charge in [-0.05, 0) is 43.2 Å². The first-order valence-corrected chi connectivity index (χ1v) is 11.2. The van der Waals surface area contributed by atoms with Gasteiger partial charge in [0.1, 0.15) is 0 Å². The Morgan fingerprint density at radius 2 is 1.65 bits per heavy atom. The number of sulfonamides is 1. The Bertz CT molecular complexity index is 1030. The minimum atomic E-state index is -3.43. The van der Waals surface area contributed by atoms with Crippen molar-refractivity contribution >= 4 is 36.9 Å². The third kappa shape index (κ3) is 3.33. The molecular formula is C20H21BrN2O2S. The van der Waals surface area contributed by atoms with Gasteiger partial charge in [0, 0.05) is 39.7 Å². The number of halogens is 1. The predicted octanol–water partition coefficient (Wildman–Crippen LogP) is 5.16. The van der Waals surface area contributed by atoms with Gasteiger partial charge in [-0.3, -0.25) is 0 Å². The van der Waals surface area contributed by atoms with E-state index in [1.807, 2.05) is 36.4 Å². The fraction of sp³-hybridized carbons (Fsp3) is 0.300. The van der Waals surface area contributed by atoms with E-state index >= 15 is 0 Å². The molecule has 0 atom stereocenters. The van der Waals surface area contributed by atoms with Crippen LogP contribution in [0.15, 0.2) is 57.9 Å². The van der Waals surface area contributed by atoms with Crippen LogP contribution in [-0.2, 0) is 10.0 Å². The number of aromatic nitrogens is 1. The number of hydrogen-bond acceptors (Lipinski definition) is 2. The normalized spacial score (nSPS) is 16.7. The molecule has 2 heterocycles. The van der Waals surface area contributed by atoms with Gasteiger partial charge in [0.25, 0.3) is 0 Å². The van der Waals surface area contributed by atoms with Crippen molar-refractivity contribution in [3.05, 3.63) is 53.0 Å². The lowest BCUT2D eigenvalue weighted by molar-refractivity contribution is 0.424. The summed E-state index contributed by atoms with van der Waals surface area (Å²) in [4.78, 5) is 3.76. The van der Waals surface area contributed by atoms with Crippen LogP contribution in [0.2, 0.25) is 0 Å². The molecule has 0 bridgehead atoms. The van der Waals surface area contributed by atoms with Gasteiger partial charge in [-0.1, -0.05) is 47.0 Å². The highest BCUT2D eigenvalue weighted by Gasteiger charge is 2.25. The molecule has 1 saturated heterocycles. The van der Waals surface area contributed by atoms with Crippen LogP contribution in [0.4, 0.5) is 0 Å². The average Bonchev–Trinajstić information content (AvgIpc) is 2.85. The standard InChI is InChI=1S/C20H21BrN2O2S/c21-18-8-4-3-7-17(18)20-14-15-13-16(9-10-19(15)22-20)26(24,25)23-11-5-1-2-6-12-23/h3-4,7-10,13-14,22H,1-2,5-6,11-12H2. The molecule has 0 amide bonds. The number of fused-ring (bicyclic) bond motifs is 1. The summed E-state index contributed by atoms with van der Waals surface area (Å²) >= 11 is 3.57. The number of nitrogens with zero attached hydrogens (tertiary/aromatic N) is 1. The van der Waals surface area contributed by atoms with Crippen molar-refractivity contribution in [1.82, 2.24) is 9.29 Å². The van der Waals surface area contributed by atoms with E-state index in [0.717, 1.165) is 52.3 Å². The third-order valence-electron chi connectivity index (χ3n) is 4.96. The molecule has 1 fully saturated rings. The zero-order valence-electron chi connectivity index (χ0n) is 14.4. The van der Waals surface area contributed by atoms with E-state index in [1.165, 1.54) is 0 Å². The Hall–Kier alpha value is -1.63. The van der Waals surface area contributed by atoms with Crippen LogP contribution in [0.5, 0.6) is 0 Å². The maximum atomic E-state index is 13.0. The van der Waals surface area contributed by atoms with E-state index in [2.05, 4.69) is 20.9 Å². The second kappa shape index (κ2) is 7.18. The van der Waals surface area contributed by atoms with Crippen molar-refractivity contribution < 1.29 is 8.42 Å². The summed E-state index contributed by atoms with van der Waals surface area (Å²) in [6.07, 6.45) is 4.10. The zero-order valence-corrected chi connectivity index (χ0v) is 16.8. The Morgan fingerprint density at radius 1 is 0.923 bits per heavy atom. The molecule has 136 valence electrons. The molecule has 1 aromatic heterocycles. The lowest BCUT2D eigenvalue weighted by Crippen LogP contribution is -2.31. The SMILES string of the molecule is O=S(=O)(c1ccc2[nH]c(-c3ccccc3Br)cc2c1)N1CCCCCC1. The summed E-state index contributed by atoms with van der Waals surface area (Å²) < 4.78 is 28.7. The summed E-state index contributed by atoms with van der Waals surface area (Å²) in [5.74, 6) is 0. The van der Waals surface area contributed by atoms with Gasteiger partial charge in [-0.15, -0.1) is 0 Å². The van der Waals surface area contributed by atoms with Gasteiger partial charge in [0.2, 0.25) is 10.0 Å². The molecule has 6 heteroatoms. The quantitative estimate of drug-likeness (QED) is 0.620. The van der Waals surface area contributed by atoms with Gasteiger partial charge >= 0.3 is 0 Å². The maximum Gasteiger partial charge on any atom is 0.243 e. The second-order valence-corrected chi connectivity index (χ2v) is 9.52. The largest absolute Gasteiger partial charge is 0.354 e. The van der Waals surface area contributed by atoms with Crippen molar-refractivity contribution in [2.45, 2.75) is 30.6 Å². The Labute approximate surface area is 162 Å². The molecule has 0 aliphatic carbocycles. The summed E-state index contributed by atoms with van der Waals surface area (Å²) in [6, 6.07) is 15.4. The molecule has 4 nitrogen and oxygen atoms in total. The first-order valence-electron chi connectivity index (χ1n) is 8.93. The molecular weight excluding hydrogens is 412 g/mol. The fourth-order valence-electron chi connectivity index (χ4n) is 3.53. The van der Waals surface area contributed by atoms with E-state index in [4.69, 9.17) is 0 Å². The summed E-state index contributed by atoms with van der Waals surface area (Å²) in [7, 11) is -3.43. The van der Waals surface area contributed by atoms with Gasteiger partial charge in [-0.25, -0.2) is 8.42 Å². The Morgan fingerprint density at radius 3 is 2.38 bits per heavy atom. The smallest absolute Gasteiger partial charge is 0.243 e. The Kier molecular flexibility index (Phi) is 4.90. The highest BCUT2D eigenvalue weighted by molar-refractivity contribution is 9.10. The molecule has 0 spiro atoms. The minimum absolute atomic E-state index is 0.379. The average molecular weight is 433 g/mol. The van der Waals surface area contributed by atoms with Crippen LogP contribution in [0.25, 0.3) is 22.2 Å². The van der Waals surface area contributed by atoms with Crippen LogP contribution in [0.3, 0.4) is 0 Å². The molecule has 4 rings (SSSR count). The molecule has 2 aromatic carbocycles. The van der Waals surface area contributed by atoms with E-state index in [0.29, 0.717) is 18.0 Å². The van der Waals surface area contributed by atoms with Gasteiger partial charge in [0.05, 0.1) is 4.90 Å². The van der Waals surface area contributed by atoms with E-state index in [-0.39, 0.29) is 0 Å². The van der Waals surface area contributed by atoms with Crippen molar-refractivity contribution in [3.8, 4) is 11.3 Å². The Balaban J connectivity index is 1.73. The van der Waals surface area contributed by atoms with Crippen molar-refractivity contribution in [2.75, 3.05) is 13.1 Å². The number of aromatic amines is 1. The summed E-state index contributed by atoms with van der Waals surface area (Å²) in [5.41, 5.74) is 2.96. The van der Waals surface area contributed by atoms with Gasteiger partial charge in [0.15, 0.2) is 0 Å². The molecule has 1 N–H and O–H groups in total. The lowest BCUT2D eigenvalue weighted by atomic mass is 10.1. The topological polar surface area (TPSA) is 53.2 Å². The maximum absolute atomic E-state index is 13.0. The first-order chi connectivity index (χ1) is 12.6. The summed E-state index contributed by atoms with van der Waals surface area (Å²) in [6.45, 7) is 1.24. The van der Waals surface area contributed by atoms with Crippen LogP contribution >= 0.6 is 15.9 Å². The molecule has 1 aliphatic rings. The van der Waals surface area contributed by atoms with Crippen molar-refractivity contribution in [1.29, 1.82) is 0 Å². The van der Waals surface area contributed by atoms with Crippen LogP contribution in [-0.4, -0.2) is 30.8 Å². The minimum Gasteiger partial charge on any atom is -0.354 e. The zero-order chi connectivity index (χ0) is 18.1. The van der Waals surface area contributed by atoms with Gasteiger partial charge in [-0.2, -0.15) is 4.31 Å². The van der Waals surface area contributed by atoms with Crippen molar-refractivity contribution in [2.24, 2.45) is 0 Å². The first kappa shape index (κ1) is 17.8. The monoisotopic (exact) mass is 432 g/mol. The summed E-state index contributed by atoms with van der Waals surface area (Å²) in [5, 5.41) is 0.909. The number of nitrogens with one attached hydrogen (secondary N) is 1. The number of rotatable bonds is 3. The second-order valence-electron chi connectivity index (χ2n) is 6.73. The van der Waals surface area contributed by atoms with E-state index in [9.17, 15) is 8.42 Å². The lowest BCUT2D eigenvalue weighted by Gasteiger charge is -2.19. The molecule has 0 unspecified atom stereocenters. The van der Waals surface area contributed by atoms with Crippen LogP contribution in [0, 0.1) is 0 Å². The number of benzene rings is 2. The molecule has 26 heavy (non-hydrogen) atoms. The predicted molar refractivity (Wildman–Crippen MR) is 109 cm³/mol. The van der Waals surface area contributed by atoms with E-state index in [1.54, 1.807) is 16.4 Å². The highest BCUT2D eigenvalue weighted by Crippen LogP contribution is 2.31. The molecule has 0 radical (unpaired) electrons. The van der Waals surface area contributed by atoms with E-state index < -0.39 is 10.0 Å². The number of H-pyrrole nitrogens is 1. The van der Waals surface area contributed by atoms with Crippen LogP contribution in [0.1, 0.15) is 25.7 Å². The fourth-order valence-corrected chi connectivity index (χ4v) is 5.58. The number of hydrogen-bond donors (Lipinski definition) is 1. The third-order valence-corrected chi connectivity index (χ3v) is 7.55. The van der Waals surface area contributed by atoms with Gasteiger partial charge < -0.3 is 4.98 Å². The molecule has 0 saturated carbocycles. The van der Waals surface area contributed by atoms with Crippen LogP contribution < -0.4 is 0 Å². The molecule has 1 aliphatic heterocycles. The highest BCUT2D eigenvalue weighted by atomic mass is 79.9.